The van der Waals surface area contributed by atoms with Crippen LogP contribution in [0.3, 0.4) is 0 Å². The lowest BCUT2D eigenvalue weighted by Gasteiger charge is -2.29. The quantitative estimate of drug-likeness (QED) is 0.566. The molecule has 1 aliphatic rings. The molecule has 0 spiro atoms. The molecule has 0 unspecified atom stereocenters. The van der Waals surface area contributed by atoms with Crippen LogP contribution in [0.25, 0.3) is 0 Å². The van der Waals surface area contributed by atoms with Crippen LogP contribution in [-0.4, -0.2) is 20.9 Å². The highest BCUT2D eigenvalue weighted by Gasteiger charge is 2.30. The van der Waals surface area contributed by atoms with Crippen molar-refractivity contribution in [3.63, 3.8) is 0 Å². The molecule has 0 saturated heterocycles. The predicted octanol–water partition coefficient (Wildman–Crippen LogP) is 4.31. The molecule has 0 amide bonds. The lowest BCUT2D eigenvalue weighted by atomic mass is 10.2. The molecule has 1 aromatic heterocycles. The van der Waals surface area contributed by atoms with Gasteiger partial charge in [0.15, 0.2) is 0 Å². The first-order chi connectivity index (χ1) is 14.1. The first kappa shape index (κ1) is 19.8. The van der Waals surface area contributed by atoms with Crippen LogP contribution in [0.5, 0.6) is 0 Å². The molecule has 0 saturated carbocycles. The molecule has 0 atom stereocenters. The molecular formula is C19H15F3N4O3S. The van der Waals surface area contributed by atoms with Gasteiger partial charge in [0.25, 0.3) is 10.0 Å². The minimum atomic E-state index is -4.54. The van der Waals surface area contributed by atoms with E-state index in [4.69, 9.17) is 9.83 Å². The van der Waals surface area contributed by atoms with Crippen LogP contribution in [0.1, 0.15) is 11.1 Å². The largest absolute Gasteiger partial charge is 0.448 e. The van der Waals surface area contributed by atoms with Gasteiger partial charge in [-0.3, -0.25) is 10.1 Å². The SMILES string of the molecule is N=C1c2ccoc2NCN1c1ccc(NS(=O)(=O)c2ccc(C(F)(F)F)cc2)cc1. The Hall–Kier alpha value is -3.47. The molecule has 4 rings (SSSR count). The summed E-state index contributed by atoms with van der Waals surface area (Å²) >= 11 is 0. The smallest absolute Gasteiger partial charge is 0.416 e. The van der Waals surface area contributed by atoms with Crippen LogP contribution in [0, 0.1) is 5.41 Å². The number of sulfonamides is 1. The van der Waals surface area contributed by atoms with E-state index in [1.54, 1.807) is 23.1 Å². The second-order valence-corrected chi connectivity index (χ2v) is 8.13. The van der Waals surface area contributed by atoms with Crippen LogP contribution in [0.4, 0.5) is 30.4 Å². The highest BCUT2D eigenvalue weighted by Crippen LogP contribution is 2.31. The van der Waals surface area contributed by atoms with Gasteiger partial charge in [-0.05, 0) is 54.6 Å². The number of rotatable bonds is 4. The average Bonchev–Trinajstić information content (AvgIpc) is 3.18. The number of halogens is 3. The summed E-state index contributed by atoms with van der Waals surface area (Å²) in [4.78, 5) is 1.39. The van der Waals surface area contributed by atoms with E-state index in [2.05, 4.69) is 10.0 Å². The molecule has 11 heteroatoms. The van der Waals surface area contributed by atoms with Crippen LogP contribution in [-0.2, 0) is 16.2 Å². The number of benzene rings is 2. The number of hydrogen-bond donors (Lipinski definition) is 3. The Bertz CT molecular complexity index is 1190. The molecule has 1 aliphatic heterocycles. The Kier molecular flexibility index (Phi) is 4.69. The molecule has 3 aromatic rings. The third-order valence-electron chi connectivity index (χ3n) is 4.51. The van der Waals surface area contributed by atoms with Gasteiger partial charge in [-0.1, -0.05) is 0 Å². The molecule has 30 heavy (non-hydrogen) atoms. The van der Waals surface area contributed by atoms with Gasteiger partial charge in [0.2, 0.25) is 5.88 Å². The summed E-state index contributed by atoms with van der Waals surface area (Å²) in [6.45, 7) is 0.302. The normalized spacial score (nSPS) is 14.2. The zero-order chi connectivity index (χ0) is 21.5. The summed E-state index contributed by atoms with van der Waals surface area (Å²) in [6.07, 6.45) is -3.06. The van der Waals surface area contributed by atoms with Crippen molar-refractivity contribution in [2.75, 3.05) is 21.6 Å². The number of fused-ring (bicyclic) bond motifs is 1. The topological polar surface area (TPSA) is 98.4 Å². The zero-order valence-corrected chi connectivity index (χ0v) is 16.0. The number of amidine groups is 1. The Balaban J connectivity index is 1.50. The summed E-state index contributed by atoms with van der Waals surface area (Å²) in [5, 5.41) is 11.3. The van der Waals surface area contributed by atoms with Crippen molar-refractivity contribution >= 4 is 33.1 Å². The molecule has 156 valence electrons. The number of nitrogens with one attached hydrogen (secondary N) is 3. The van der Waals surface area contributed by atoms with E-state index in [0.29, 0.717) is 23.8 Å². The Morgan fingerprint density at radius 2 is 1.70 bits per heavy atom. The summed E-state index contributed by atoms with van der Waals surface area (Å²) in [6, 6.07) is 11.2. The van der Waals surface area contributed by atoms with Gasteiger partial charge >= 0.3 is 6.18 Å². The van der Waals surface area contributed by atoms with Crippen molar-refractivity contribution in [2.24, 2.45) is 0 Å². The molecule has 0 radical (unpaired) electrons. The highest BCUT2D eigenvalue weighted by atomic mass is 32.2. The van der Waals surface area contributed by atoms with Crippen LogP contribution >= 0.6 is 0 Å². The fourth-order valence-corrected chi connectivity index (χ4v) is 4.03. The summed E-state index contributed by atoms with van der Waals surface area (Å²) in [5.74, 6) is 0.743. The zero-order valence-electron chi connectivity index (χ0n) is 15.2. The van der Waals surface area contributed by atoms with E-state index in [0.717, 1.165) is 24.3 Å². The van der Waals surface area contributed by atoms with Gasteiger partial charge in [-0.25, -0.2) is 8.42 Å². The van der Waals surface area contributed by atoms with Crippen LogP contribution in [0.15, 0.2) is 70.2 Å². The van der Waals surface area contributed by atoms with Gasteiger partial charge in [0, 0.05) is 11.4 Å². The third kappa shape index (κ3) is 3.71. The van der Waals surface area contributed by atoms with Gasteiger partial charge in [-0.15, -0.1) is 0 Å². The number of alkyl halides is 3. The van der Waals surface area contributed by atoms with Crippen LogP contribution < -0.4 is 14.9 Å². The van der Waals surface area contributed by atoms with E-state index >= 15 is 0 Å². The first-order valence-electron chi connectivity index (χ1n) is 8.63. The molecule has 0 aliphatic carbocycles. The molecule has 2 aromatic carbocycles. The van der Waals surface area contributed by atoms with E-state index in [1.165, 1.54) is 18.4 Å². The van der Waals surface area contributed by atoms with Crippen molar-refractivity contribution in [1.29, 1.82) is 5.41 Å². The predicted molar refractivity (Wildman–Crippen MR) is 105 cm³/mol. The fourth-order valence-electron chi connectivity index (χ4n) is 2.97. The summed E-state index contributed by atoms with van der Waals surface area (Å²) in [5.41, 5.74) is 0.563. The minimum absolute atomic E-state index is 0.232. The van der Waals surface area contributed by atoms with Gasteiger partial charge in [-0.2, -0.15) is 13.2 Å². The Morgan fingerprint density at radius 1 is 1.03 bits per heavy atom. The second-order valence-electron chi connectivity index (χ2n) is 6.45. The average molecular weight is 436 g/mol. The first-order valence-corrected chi connectivity index (χ1v) is 10.1. The van der Waals surface area contributed by atoms with Gasteiger partial charge in [0.1, 0.15) is 5.84 Å². The maximum atomic E-state index is 12.7. The van der Waals surface area contributed by atoms with Crippen molar-refractivity contribution < 1.29 is 26.0 Å². The monoisotopic (exact) mass is 436 g/mol. The Labute approximate surface area is 169 Å². The molecule has 0 fully saturated rings. The standard InChI is InChI=1S/C19H15F3N4O3S/c20-19(21,22)12-1-7-15(8-2-12)30(27,28)25-13-3-5-14(6-4-13)26-11-24-18-16(17(26)23)9-10-29-18/h1-10,23-25H,11H2. The lowest BCUT2D eigenvalue weighted by Crippen LogP contribution is -2.39. The lowest BCUT2D eigenvalue weighted by molar-refractivity contribution is -0.137. The molecule has 7 nitrogen and oxygen atoms in total. The molecule has 3 N–H and O–H groups in total. The molecule has 2 heterocycles. The van der Waals surface area contributed by atoms with Gasteiger partial charge in [0.05, 0.1) is 29.0 Å². The van der Waals surface area contributed by atoms with Gasteiger partial charge < -0.3 is 14.6 Å². The van der Waals surface area contributed by atoms with E-state index in [1.807, 2.05) is 0 Å². The molecule has 0 bridgehead atoms. The summed E-state index contributed by atoms with van der Waals surface area (Å²) in [7, 11) is -4.05. The van der Waals surface area contributed by atoms with Crippen molar-refractivity contribution in [3.05, 3.63) is 72.0 Å². The number of nitrogens with zero attached hydrogens (tertiary/aromatic N) is 1. The van der Waals surface area contributed by atoms with Crippen LogP contribution in [0.2, 0.25) is 0 Å². The number of furan rings is 1. The maximum absolute atomic E-state index is 12.7. The van der Waals surface area contributed by atoms with E-state index in [-0.39, 0.29) is 16.4 Å². The highest BCUT2D eigenvalue weighted by molar-refractivity contribution is 7.92. The maximum Gasteiger partial charge on any atom is 0.416 e. The number of anilines is 3. The minimum Gasteiger partial charge on any atom is -0.448 e. The van der Waals surface area contributed by atoms with Crippen molar-refractivity contribution in [1.82, 2.24) is 0 Å². The molecular weight excluding hydrogens is 421 g/mol. The van der Waals surface area contributed by atoms with E-state index < -0.39 is 21.8 Å². The van der Waals surface area contributed by atoms with Crippen molar-refractivity contribution in [2.45, 2.75) is 11.1 Å². The van der Waals surface area contributed by atoms with Crippen molar-refractivity contribution in [3.8, 4) is 0 Å². The number of hydrogen-bond acceptors (Lipinski definition) is 5. The fraction of sp³-hybridized carbons (Fsp3) is 0.105. The van der Waals surface area contributed by atoms with E-state index in [9.17, 15) is 21.6 Å². The summed E-state index contributed by atoms with van der Waals surface area (Å²) < 4.78 is 70.4. The third-order valence-corrected chi connectivity index (χ3v) is 5.91. The second kappa shape index (κ2) is 7.10. The Morgan fingerprint density at radius 3 is 2.33 bits per heavy atom.